The van der Waals surface area contributed by atoms with Crippen LogP contribution in [0.2, 0.25) is 0 Å². The van der Waals surface area contributed by atoms with Crippen LogP contribution in [0.3, 0.4) is 0 Å². The summed E-state index contributed by atoms with van der Waals surface area (Å²) >= 11 is 0. The molecule has 1 aromatic carbocycles. The van der Waals surface area contributed by atoms with E-state index in [0.717, 1.165) is 6.08 Å². The van der Waals surface area contributed by atoms with Gasteiger partial charge in [-0.1, -0.05) is 18.2 Å². The summed E-state index contributed by atoms with van der Waals surface area (Å²) in [6, 6.07) is 2.84. The molecule has 3 N–H and O–H groups in total. The minimum atomic E-state index is -1.55. The molecule has 0 aliphatic carbocycles. The largest absolute Gasteiger partial charge is 0.507 e. The van der Waals surface area contributed by atoms with Crippen molar-refractivity contribution >= 4 is 17.8 Å². The number of aromatic hydroxyl groups is 1. The number of rotatable bonds is 1. The molecule has 1 aliphatic heterocycles. The minimum absolute atomic E-state index is 0.0242. The molecule has 0 fully saturated rings. The van der Waals surface area contributed by atoms with Gasteiger partial charge in [-0.15, -0.1) is 0 Å². The number of fused-ring (bicyclic) bond motifs is 1. The number of cyclic esters (lactones) is 1. The molecule has 0 spiro atoms. The van der Waals surface area contributed by atoms with Crippen molar-refractivity contribution in [1.29, 1.82) is 0 Å². The lowest BCUT2D eigenvalue weighted by molar-refractivity contribution is -0.127. The van der Waals surface area contributed by atoms with Crippen LogP contribution in [0.5, 0.6) is 11.5 Å². The number of aliphatic hydroxyl groups is 2. The van der Waals surface area contributed by atoms with E-state index in [-0.39, 0.29) is 24.2 Å². The Balaban J connectivity index is 2.45. The van der Waals surface area contributed by atoms with Crippen molar-refractivity contribution in [2.24, 2.45) is 0 Å². The van der Waals surface area contributed by atoms with Crippen LogP contribution in [-0.4, -0.2) is 52.5 Å². The molecule has 2 rings (SSSR count). The number of hydrogen-bond acceptors (Lipinski definition) is 7. The predicted octanol–water partition coefficient (Wildman–Crippen LogP) is 1.60. The van der Waals surface area contributed by atoms with Crippen LogP contribution in [0.25, 0.3) is 6.08 Å². The first-order chi connectivity index (χ1) is 12.3. The highest BCUT2D eigenvalue weighted by Crippen LogP contribution is 2.30. The Labute approximate surface area is 151 Å². The topological polar surface area (TPSA) is 113 Å². The summed E-state index contributed by atoms with van der Waals surface area (Å²) < 4.78 is 10.4. The van der Waals surface area contributed by atoms with E-state index in [4.69, 9.17) is 9.47 Å². The van der Waals surface area contributed by atoms with Gasteiger partial charge in [0.05, 0.1) is 13.2 Å². The van der Waals surface area contributed by atoms with Gasteiger partial charge >= 0.3 is 5.97 Å². The first-order valence-electron chi connectivity index (χ1n) is 8.18. The van der Waals surface area contributed by atoms with Gasteiger partial charge in [-0.3, -0.25) is 4.79 Å². The predicted molar refractivity (Wildman–Crippen MR) is 94.0 cm³/mol. The normalized spacial score (nSPS) is 24.5. The summed E-state index contributed by atoms with van der Waals surface area (Å²) in [5.41, 5.74) is 0.306. The number of ketones is 1. The average Bonchev–Trinajstić information content (AvgIpc) is 2.59. The van der Waals surface area contributed by atoms with Crippen LogP contribution in [-0.2, 0) is 9.53 Å². The van der Waals surface area contributed by atoms with Gasteiger partial charge in [0, 0.05) is 12.5 Å². The summed E-state index contributed by atoms with van der Waals surface area (Å²) in [5.74, 6) is -1.29. The fourth-order valence-electron chi connectivity index (χ4n) is 2.51. The number of ether oxygens (including phenoxy) is 2. The Morgan fingerprint density at radius 1 is 1.12 bits per heavy atom. The van der Waals surface area contributed by atoms with Crippen LogP contribution >= 0.6 is 0 Å². The second-order valence-corrected chi connectivity index (χ2v) is 6.02. The fourth-order valence-corrected chi connectivity index (χ4v) is 2.51. The molecular weight excluding hydrogens is 340 g/mol. The zero-order chi connectivity index (χ0) is 19.3. The van der Waals surface area contributed by atoms with Crippen molar-refractivity contribution in [3.05, 3.63) is 41.5 Å². The smallest absolute Gasteiger partial charge is 0.342 e. The van der Waals surface area contributed by atoms with Crippen molar-refractivity contribution in [2.45, 2.75) is 38.1 Å². The number of carbonyl (C=O) groups excluding carboxylic acids is 2. The Bertz CT molecular complexity index is 736. The molecule has 7 nitrogen and oxygen atoms in total. The third kappa shape index (κ3) is 4.71. The summed E-state index contributed by atoms with van der Waals surface area (Å²) in [7, 11) is 1.42. The van der Waals surface area contributed by atoms with Crippen molar-refractivity contribution in [1.82, 2.24) is 0 Å². The lowest BCUT2D eigenvalue weighted by atomic mass is 10.0. The maximum Gasteiger partial charge on any atom is 0.342 e. The van der Waals surface area contributed by atoms with Crippen molar-refractivity contribution in [3.8, 4) is 11.5 Å². The Morgan fingerprint density at radius 2 is 1.81 bits per heavy atom. The van der Waals surface area contributed by atoms with Crippen molar-refractivity contribution in [3.63, 3.8) is 0 Å². The van der Waals surface area contributed by atoms with E-state index >= 15 is 0 Å². The molecule has 0 unspecified atom stereocenters. The van der Waals surface area contributed by atoms with Gasteiger partial charge in [0.1, 0.15) is 29.3 Å². The minimum Gasteiger partial charge on any atom is -0.507 e. The summed E-state index contributed by atoms with van der Waals surface area (Å²) in [6.45, 7) is 1.64. The maximum atomic E-state index is 12.4. The van der Waals surface area contributed by atoms with E-state index in [1.54, 1.807) is 6.92 Å². The summed E-state index contributed by atoms with van der Waals surface area (Å²) in [6.07, 6.45) is 2.42. The Morgan fingerprint density at radius 3 is 2.50 bits per heavy atom. The zero-order valence-electron chi connectivity index (χ0n) is 14.6. The second kappa shape index (κ2) is 8.64. The summed E-state index contributed by atoms with van der Waals surface area (Å²) in [5, 5.41) is 30.0. The number of phenolic OH excluding ortho intramolecular Hbond substituents is 1. The second-order valence-electron chi connectivity index (χ2n) is 6.02. The van der Waals surface area contributed by atoms with Gasteiger partial charge in [-0.25, -0.2) is 4.79 Å². The van der Waals surface area contributed by atoms with Gasteiger partial charge in [0.15, 0.2) is 5.78 Å². The number of carbonyl (C=O) groups is 2. The number of methoxy groups -OCH3 is 1. The lowest BCUT2D eigenvalue weighted by Crippen LogP contribution is -2.32. The van der Waals surface area contributed by atoms with E-state index in [9.17, 15) is 24.9 Å². The van der Waals surface area contributed by atoms with Gasteiger partial charge in [0.2, 0.25) is 0 Å². The zero-order valence-corrected chi connectivity index (χ0v) is 14.6. The molecule has 0 bridgehead atoms. The molecular formula is C19H22O7. The summed E-state index contributed by atoms with van der Waals surface area (Å²) in [4.78, 5) is 24.3. The van der Waals surface area contributed by atoms with E-state index < -0.39 is 30.1 Å². The quantitative estimate of drug-likeness (QED) is 0.650. The van der Waals surface area contributed by atoms with Crippen LogP contribution in [0, 0.1) is 0 Å². The monoisotopic (exact) mass is 362 g/mol. The van der Waals surface area contributed by atoms with Crippen LogP contribution in [0.1, 0.15) is 35.7 Å². The molecule has 26 heavy (non-hydrogen) atoms. The highest BCUT2D eigenvalue weighted by atomic mass is 16.5. The third-order valence-corrected chi connectivity index (χ3v) is 3.95. The molecule has 0 radical (unpaired) electrons. The van der Waals surface area contributed by atoms with E-state index in [1.165, 1.54) is 37.5 Å². The molecule has 3 atom stereocenters. The van der Waals surface area contributed by atoms with Gasteiger partial charge in [-0.05, 0) is 31.1 Å². The number of aliphatic hydroxyl groups excluding tert-OH is 2. The first-order valence-corrected chi connectivity index (χ1v) is 8.18. The molecule has 1 heterocycles. The number of esters is 1. The number of phenols is 1. The van der Waals surface area contributed by atoms with Crippen molar-refractivity contribution in [2.75, 3.05) is 7.11 Å². The van der Waals surface area contributed by atoms with E-state index in [1.807, 2.05) is 0 Å². The third-order valence-electron chi connectivity index (χ3n) is 3.95. The average molecular weight is 362 g/mol. The van der Waals surface area contributed by atoms with Gasteiger partial charge in [0.25, 0.3) is 0 Å². The molecule has 1 aromatic rings. The maximum absolute atomic E-state index is 12.4. The van der Waals surface area contributed by atoms with Gasteiger partial charge in [-0.2, -0.15) is 0 Å². The van der Waals surface area contributed by atoms with E-state index in [0.29, 0.717) is 11.3 Å². The highest BCUT2D eigenvalue weighted by molar-refractivity contribution is 5.97. The van der Waals surface area contributed by atoms with E-state index in [2.05, 4.69) is 0 Å². The molecule has 0 amide bonds. The van der Waals surface area contributed by atoms with Crippen molar-refractivity contribution < 1.29 is 34.4 Å². The SMILES string of the molecule is COc1cc(O)c2c(c1)C=CC[C@@H](O)[C@H](O)C(=O)C=CC[C@H](C)OC2=O. The highest BCUT2D eigenvalue weighted by Gasteiger charge is 2.23. The molecule has 0 saturated heterocycles. The van der Waals surface area contributed by atoms with Crippen LogP contribution in [0.15, 0.2) is 30.4 Å². The molecule has 1 aliphatic rings. The van der Waals surface area contributed by atoms with Crippen LogP contribution < -0.4 is 4.74 Å². The Hall–Kier alpha value is -2.64. The molecule has 7 heteroatoms. The number of hydrogen-bond donors (Lipinski definition) is 3. The fraction of sp³-hybridized carbons (Fsp3) is 0.368. The Kier molecular flexibility index (Phi) is 6.54. The van der Waals surface area contributed by atoms with Crippen LogP contribution in [0.4, 0.5) is 0 Å². The molecule has 140 valence electrons. The molecule has 0 saturated carbocycles. The molecule has 0 aromatic heterocycles. The van der Waals surface area contributed by atoms with Gasteiger partial charge < -0.3 is 24.8 Å². The standard InChI is InChI=1S/C19H22O7/c1-11-5-3-7-14(20)18(23)15(21)8-4-6-12-9-13(25-2)10-16(22)17(12)19(24)26-11/h3-4,6-7,9-11,15,18,21-23H,5,8H2,1-2H3/t11-,15+,18+/m0/s1. The lowest BCUT2D eigenvalue weighted by Gasteiger charge is -2.16. The number of benzene rings is 1. The first kappa shape index (κ1) is 19.7.